The van der Waals surface area contributed by atoms with E-state index in [0.29, 0.717) is 17.1 Å². The molecule has 0 aliphatic carbocycles. The summed E-state index contributed by atoms with van der Waals surface area (Å²) < 4.78 is 0. The lowest BCUT2D eigenvalue weighted by atomic mass is 10.1. The number of aliphatic imine (C=N–C) groups is 2. The zero-order valence-electron chi connectivity index (χ0n) is 15.8. The van der Waals surface area contributed by atoms with E-state index in [0.717, 1.165) is 42.6 Å². The number of anilines is 1. The summed E-state index contributed by atoms with van der Waals surface area (Å²) in [5.74, 6) is 1.91. The molecule has 1 N–H and O–H groups in total. The number of nitrogens with zero attached hydrogens (tertiary/aromatic N) is 4. The number of halogens is 1. The predicted octanol–water partition coefficient (Wildman–Crippen LogP) is 3.97. The van der Waals surface area contributed by atoms with E-state index in [-0.39, 0.29) is 6.04 Å². The van der Waals surface area contributed by atoms with Gasteiger partial charge in [-0.3, -0.25) is 9.89 Å². The van der Waals surface area contributed by atoms with Crippen molar-refractivity contribution >= 4 is 34.6 Å². The van der Waals surface area contributed by atoms with Crippen LogP contribution in [0.25, 0.3) is 0 Å². The fourth-order valence-corrected chi connectivity index (χ4v) is 3.96. The third-order valence-electron chi connectivity index (χ3n) is 5.22. The minimum Gasteiger partial charge on any atom is -0.352 e. The Kier molecular flexibility index (Phi) is 4.53. The van der Waals surface area contributed by atoms with E-state index >= 15 is 0 Å². The van der Waals surface area contributed by atoms with Gasteiger partial charge in [-0.1, -0.05) is 25.4 Å². The molecule has 1 fully saturated rings. The first-order valence-corrected chi connectivity index (χ1v) is 9.75. The van der Waals surface area contributed by atoms with Crippen LogP contribution in [0.15, 0.2) is 40.0 Å². The molecule has 0 aromatic heterocycles. The molecule has 4 rings (SSSR count). The van der Waals surface area contributed by atoms with Gasteiger partial charge in [-0.15, -0.1) is 0 Å². The number of hydrogen-bond donors (Lipinski definition) is 1. The average molecular weight is 372 g/mol. The Labute approximate surface area is 160 Å². The Bertz CT molecular complexity index is 810. The van der Waals surface area contributed by atoms with Crippen LogP contribution in [0.5, 0.6) is 0 Å². The van der Waals surface area contributed by atoms with Crippen molar-refractivity contribution in [3.05, 3.63) is 35.0 Å². The molecular weight excluding hydrogens is 346 g/mol. The lowest BCUT2D eigenvalue weighted by Gasteiger charge is -2.36. The van der Waals surface area contributed by atoms with Gasteiger partial charge in [0.05, 0.1) is 17.4 Å². The van der Waals surface area contributed by atoms with Gasteiger partial charge in [-0.25, -0.2) is 4.99 Å². The van der Waals surface area contributed by atoms with Crippen molar-refractivity contribution in [3.8, 4) is 0 Å². The fraction of sp³-hybridized carbons (Fsp3) is 0.500. The average Bonchev–Trinajstić information content (AvgIpc) is 3.03. The first-order chi connectivity index (χ1) is 12.4. The molecule has 26 heavy (non-hydrogen) atoms. The van der Waals surface area contributed by atoms with Crippen molar-refractivity contribution in [1.82, 2.24) is 10.2 Å². The van der Waals surface area contributed by atoms with Crippen molar-refractivity contribution in [3.63, 3.8) is 0 Å². The van der Waals surface area contributed by atoms with Crippen LogP contribution in [0.2, 0.25) is 5.02 Å². The van der Waals surface area contributed by atoms with Gasteiger partial charge in [0.25, 0.3) is 0 Å². The Morgan fingerprint density at radius 2 is 2.08 bits per heavy atom. The largest absolute Gasteiger partial charge is 0.352 e. The van der Waals surface area contributed by atoms with Crippen LogP contribution in [0.1, 0.15) is 34.1 Å². The molecule has 0 spiro atoms. The van der Waals surface area contributed by atoms with E-state index in [2.05, 4.69) is 49.0 Å². The Morgan fingerprint density at radius 3 is 2.85 bits per heavy atom. The molecule has 1 saturated heterocycles. The Hall–Kier alpha value is -1.85. The lowest BCUT2D eigenvalue weighted by Crippen LogP contribution is -2.48. The van der Waals surface area contributed by atoms with Gasteiger partial charge in [0, 0.05) is 36.4 Å². The molecule has 2 atom stereocenters. The smallest absolute Gasteiger partial charge is 0.176 e. The molecule has 2 unspecified atom stereocenters. The molecule has 0 saturated carbocycles. The molecule has 138 valence electrons. The highest BCUT2D eigenvalue weighted by molar-refractivity contribution is 6.48. The van der Waals surface area contributed by atoms with Crippen molar-refractivity contribution in [2.24, 2.45) is 9.98 Å². The second kappa shape index (κ2) is 6.71. The summed E-state index contributed by atoms with van der Waals surface area (Å²) in [5, 5.41) is 4.36. The number of fused-ring (bicyclic) bond motifs is 3. The first-order valence-electron chi connectivity index (χ1n) is 9.37. The molecular formula is C20H26ClN5. The molecule has 0 bridgehead atoms. The molecule has 3 heterocycles. The minimum absolute atomic E-state index is 0.166. The molecule has 3 aliphatic rings. The van der Waals surface area contributed by atoms with E-state index in [9.17, 15) is 0 Å². The minimum atomic E-state index is 0.166. The molecule has 1 aromatic carbocycles. The molecule has 1 aromatic rings. The Balaban J connectivity index is 1.72. The maximum Gasteiger partial charge on any atom is 0.176 e. The number of rotatable bonds is 2. The van der Waals surface area contributed by atoms with Gasteiger partial charge in [-0.05, 0) is 44.0 Å². The predicted molar refractivity (Wildman–Crippen MR) is 110 cm³/mol. The van der Waals surface area contributed by atoms with Gasteiger partial charge >= 0.3 is 0 Å². The summed E-state index contributed by atoms with van der Waals surface area (Å²) in [5.41, 5.74) is 3.19. The van der Waals surface area contributed by atoms with Crippen LogP contribution in [0.3, 0.4) is 0 Å². The highest BCUT2D eigenvalue weighted by atomic mass is 35.5. The second-order valence-corrected chi connectivity index (χ2v) is 8.13. The quantitative estimate of drug-likeness (QED) is 0.855. The van der Waals surface area contributed by atoms with Crippen molar-refractivity contribution in [2.45, 2.75) is 52.2 Å². The van der Waals surface area contributed by atoms with E-state index in [1.165, 1.54) is 5.57 Å². The van der Waals surface area contributed by atoms with Crippen LogP contribution in [0, 0.1) is 0 Å². The zero-order valence-corrected chi connectivity index (χ0v) is 16.6. The topological polar surface area (TPSA) is 43.2 Å². The van der Waals surface area contributed by atoms with Crippen LogP contribution < -0.4 is 10.2 Å². The van der Waals surface area contributed by atoms with E-state index in [1.807, 2.05) is 18.2 Å². The fourth-order valence-electron chi connectivity index (χ4n) is 3.79. The molecule has 0 radical (unpaired) electrons. The van der Waals surface area contributed by atoms with Crippen LogP contribution in [-0.2, 0) is 0 Å². The number of hydrogen-bond acceptors (Lipinski definition) is 5. The van der Waals surface area contributed by atoms with E-state index < -0.39 is 0 Å². The summed E-state index contributed by atoms with van der Waals surface area (Å²) in [7, 11) is 0. The van der Waals surface area contributed by atoms with Gasteiger partial charge in [0.1, 0.15) is 0 Å². The lowest BCUT2D eigenvalue weighted by molar-refractivity contribution is 0.452. The number of nitrogens with one attached hydrogen (secondary N) is 1. The first kappa shape index (κ1) is 17.6. The van der Waals surface area contributed by atoms with Gasteiger partial charge in [0.2, 0.25) is 0 Å². The SMILES string of the molecule is CC1=CN2C(=NC1C)C(N1CCC(NC(C)C)C1)=Nc1ccc(Cl)cc12. The summed E-state index contributed by atoms with van der Waals surface area (Å²) >= 11 is 6.25. The maximum absolute atomic E-state index is 6.25. The van der Waals surface area contributed by atoms with Gasteiger partial charge in [-0.2, -0.15) is 0 Å². The van der Waals surface area contributed by atoms with Crippen LogP contribution >= 0.6 is 11.6 Å². The third-order valence-corrected chi connectivity index (χ3v) is 5.45. The van der Waals surface area contributed by atoms with Crippen LogP contribution in [0.4, 0.5) is 11.4 Å². The van der Waals surface area contributed by atoms with Crippen molar-refractivity contribution in [1.29, 1.82) is 0 Å². The highest BCUT2D eigenvalue weighted by Crippen LogP contribution is 2.38. The molecule has 0 amide bonds. The summed E-state index contributed by atoms with van der Waals surface area (Å²) in [6, 6.07) is 7.02. The van der Waals surface area contributed by atoms with Gasteiger partial charge < -0.3 is 10.2 Å². The summed E-state index contributed by atoms with van der Waals surface area (Å²) in [6.07, 6.45) is 3.30. The van der Waals surface area contributed by atoms with Crippen molar-refractivity contribution < 1.29 is 0 Å². The highest BCUT2D eigenvalue weighted by Gasteiger charge is 2.35. The second-order valence-electron chi connectivity index (χ2n) is 7.69. The standard InChI is InChI=1S/C20H26ClN5/c1-12(2)22-16-7-8-25(11-16)19-20-23-14(4)13(3)10-26(20)18-9-15(21)5-6-17(18)24-19/h5-6,9-10,12,14,16,22H,7-8,11H2,1-4H3. The molecule has 5 nitrogen and oxygen atoms in total. The van der Waals surface area contributed by atoms with Crippen molar-refractivity contribution in [2.75, 3.05) is 18.0 Å². The van der Waals surface area contributed by atoms with E-state index in [4.69, 9.17) is 21.6 Å². The number of benzene rings is 1. The molecule has 3 aliphatic heterocycles. The summed E-state index contributed by atoms with van der Waals surface area (Å²) in [4.78, 5) is 14.5. The van der Waals surface area contributed by atoms with Crippen LogP contribution in [-0.4, -0.2) is 47.8 Å². The third kappa shape index (κ3) is 3.14. The van der Waals surface area contributed by atoms with Gasteiger partial charge in [0.15, 0.2) is 11.7 Å². The maximum atomic E-state index is 6.25. The Morgan fingerprint density at radius 1 is 1.27 bits per heavy atom. The zero-order chi connectivity index (χ0) is 18.4. The van der Waals surface area contributed by atoms with E-state index in [1.54, 1.807) is 0 Å². The molecule has 6 heteroatoms. The number of likely N-dealkylation sites (tertiary alicyclic amines) is 1. The normalized spacial score (nSPS) is 24.9. The summed E-state index contributed by atoms with van der Waals surface area (Å²) in [6.45, 7) is 10.6. The monoisotopic (exact) mass is 371 g/mol. The number of amidine groups is 2.